The van der Waals surface area contributed by atoms with Crippen molar-refractivity contribution in [2.75, 3.05) is 0 Å². The summed E-state index contributed by atoms with van der Waals surface area (Å²) in [5.41, 5.74) is 2.98. The van der Waals surface area contributed by atoms with Crippen molar-refractivity contribution in [2.24, 2.45) is 17.9 Å². The van der Waals surface area contributed by atoms with E-state index in [1.54, 1.807) is 0 Å². The van der Waals surface area contributed by atoms with Crippen molar-refractivity contribution in [3.63, 3.8) is 0 Å². The molecule has 1 aliphatic rings. The van der Waals surface area contributed by atoms with E-state index in [2.05, 4.69) is 69.7 Å². The zero-order valence-electron chi connectivity index (χ0n) is 13.4. The molecule has 1 aliphatic carbocycles. The van der Waals surface area contributed by atoms with Crippen molar-refractivity contribution in [1.29, 1.82) is 0 Å². The van der Waals surface area contributed by atoms with Crippen molar-refractivity contribution >= 4 is 11.0 Å². The average Bonchev–Trinajstić information content (AvgIpc) is 2.70. The Morgan fingerprint density at radius 3 is 2.30 bits per heavy atom. The maximum Gasteiger partial charge on any atom is 0.126 e. The van der Waals surface area contributed by atoms with Crippen LogP contribution in [0, 0.1) is 10.8 Å². The number of aromatic nitrogens is 2. The maximum atomic E-state index is 4.79. The lowest BCUT2D eigenvalue weighted by atomic mass is 10.0. The maximum absolute atomic E-state index is 4.79. The molecule has 1 atom stereocenters. The Balaban J connectivity index is 1.87. The topological polar surface area (TPSA) is 29.9 Å². The second kappa shape index (κ2) is 4.08. The van der Waals surface area contributed by atoms with Gasteiger partial charge in [0, 0.05) is 13.1 Å². The summed E-state index contributed by atoms with van der Waals surface area (Å²) in [4.78, 5) is 4.79. The molecule has 0 bridgehead atoms. The van der Waals surface area contributed by atoms with E-state index in [0.29, 0.717) is 16.9 Å². The van der Waals surface area contributed by atoms with E-state index in [1.165, 1.54) is 5.52 Å². The first kappa shape index (κ1) is 13.6. The van der Waals surface area contributed by atoms with Crippen LogP contribution in [0.2, 0.25) is 0 Å². The van der Waals surface area contributed by atoms with Crippen LogP contribution in [0.1, 0.15) is 46.5 Å². The van der Waals surface area contributed by atoms with Gasteiger partial charge in [0.2, 0.25) is 0 Å². The molecule has 3 nitrogen and oxygen atoms in total. The number of benzene rings is 1. The predicted octanol–water partition coefficient (Wildman–Crippen LogP) is 3.66. The lowest BCUT2D eigenvalue weighted by molar-refractivity contribution is 0.457. The third-order valence-corrected chi connectivity index (χ3v) is 5.65. The number of aryl methyl sites for hydroxylation is 1. The van der Waals surface area contributed by atoms with Gasteiger partial charge in [0.15, 0.2) is 0 Å². The van der Waals surface area contributed by atoms with Gasteiger partial charge in [-0.05, 0) is 29.9 Å². The van der Waals surface area contributed by atoms with Crippen LogP contribution in [-0.2, 0) is 7.05 Å². The van der Waals surface area contributed by atoms with Crippen molar-refractivity contribution in [2.45, 2.75) is 46.7 Å². The number of imidazole rings is 1. The number of hydrogen-bond donors (Lipinski definition) is 1. The second-order valence-electron chi connectivity index (χ2n) is 7.28. The summed E-state index contributed by atoms with van der Waals surface area (Å²) in [6.45, 7) is 11.6. The van der Waals surface area contributed by atoms with Gasteiger partial charge < -0.3 is 9.88 Å². The normalized spacial score (nSPS) is 22.1. The van der Waals surface area contributed by atoms with Crippen LogP contribution in [0.15, 0.2) is 24.3 Å². The molecule has 0 spiro atoms. The number of fused-ring (bicyclic) bond motifs is 1. The van der Waals surface area contributed by atoms with Crippen molar-refractivity contribution < 1.29 is 0 Å². The van der Waals surface area contributed by atoms with Crippen molar-refractivity contribution in [3.05, 3.63) is 30.1 Å². The van der Waals surface area contributed by atoms with Gasteiger partial charge in [-0.15, -0.1) is 0 Å². The highest BCUT2D eigenvalue weighted by molar-refractivity contribution is 5.75. The van der Waals surface area contributed by atoms with E-state index >= 15 is 0 Å². The molecule has 0 saturated heterocycles. The monoisotopic (exact) mass is 271 g/mol. The molecule has 0 radical (unpaired) electrons. The Labute approximate surface area is 121 Å². The zero-order chi connectivity index (χ0) is 14.7. The molecule has 1 aromatic carbocycles. The van der Waals surface area contributed by atoms with Crippen LogP contribution in [0.3, 0.4) is 0 Å². The van der Waals surface area contributed by atoms with Gasteiger partial charge in [-0.3, -0.25) is 0 Å². The van der Waals surface area contributed by atoms with Gasteiger partial charge >= 0.3 is 0 Å². The van der Waals surface area contributed by atoms with Crippen LogP contribution in [0.25, 0.3) is 11.0 Å². The molecule has 1 unspecified atom stereocenters. The fourth-order valence-corrected chi connectivity index (χ4v) is 3.49. The number of para-hydroxylation sites is 2. The summed E-state index contributed by atoms with van der Waals surface area (Å²) >= 11 is 0. The van der Waals surface area contributed by atoms with Gasteiger partial charge in [0.25, 0.3) is 0 Å². The molecule has 3 heteroatoms. The average molecular weight is 271 g/mol. The lowest BCUT2D eigenvalue weighted by Crippen LogP contribution is -2.27. The molecule has 0 amide bonds. The molecular formula is C17H25N3. The Bertz CT molecular complexity index is 637. The van der Waals surface area contributed by atoms with E-state index in [1.807, 2.05) is 6.07 Å². The molecule has 1 heterocycles. The number of nitrogens with zero attached hydrogens (tertiary/aromatic N) is 2. The molecular weight excluding hydrogens is 246 g/mol. The van der Waals surface area contributed by atoms with Crippen LogP contribution >= 0.6 is 0 Å². The van der Waals surface area contributed by atoms with E-state index in [4.69, 9.17) is 4.98 Å². The summed E-state index contributed by atoms with van der Waals surface area (Å²) in [6.07, 6.45) is 0. The molecule has 1 N–H and O–H groups in total. The predicted molar refractivity (Wildman–Crippen MR) is 83.6 cm³/mol. The second-order valence-corrected chi connectivity index (χ2v) is 7.28. The first-order valence-corrected chi connectivity index (χ1v) is 7.44. The van der Waals surface area contributed by atoms with Gasteiger partial charge in [0.05, 0.1) is 17.1 Å². The molecule has 0 aliphatic heterocycles. The molecule has 20 heavy (non-hydrogen) atoms. The van der Waals surface area contributed by atoms with Gasteiger partial charge in [0.1, 0.15) is 5.82 Å². The van der Waals surface area contributed by atoms with E-state index in [9.17, 15) is 0 Å². The summed E-state index contributed by atoms with van der Waals surface area (Å²) in [5, 5.41) is 3.77. The minimum atomic E-state index is 0.262. The summed E-state index contributed by atoms with van der Waals surface area (Å²) in [5.74, 6) is 1.12. The fourth-order valence-electron chi connectivity index (χ4n) is 3.49. The number of rotatable bonds is 3. The zero-order valence-corrected chi connectivity index (χ0v) is 13.4. The molecule has 1 aromatic heterocycles. The van der Waals surface area contributed by atoms with E-state index in [0.717, 1.165) is 11.3 Å². The third kappa shape index (κ3) is 1.72. The first-order valence-electron chi connectivity index (χ1n) is 7.44. The first-order chi connectivity index (χ1) is 9.26. The molecule has 1 saturated carbocycles. The summed E-state index contributed by atoms with van der Waals surface area (Å²) < 4.78 is 2.20. The van der Waals surface area contributed by atoms with Gasteiger partial charge in [-0.1, -0.05) is 39.8 Å². The van der Waals surface area contributed by atoms with Gasteiger partial charge in [-0.2, -0.15) is 0 Å². The Hall–Kier alpha value is -1.35. The highest BCUT2D eigenvalue weighted by Crippen LogP contribution is 2.63. The van der Waals surface area contributed by atoms with Crippen molar-refractivity contribution in [1.82, 2.24) is 14.9 Å². The quantitative estimate of drug-likeness (QED) is 0.923. The Morgan fingerprint density at radius 2 is 1.75 bits per heavy atom. The van der Waals surface area contributed by atoms with Crippen molar-refractivity contribution in [3.8, 4) is 0 Å². The fraction of sp³-hybridized carbons (Fsp3) is 0.588. The van der Waals surface area contributed by atoms with E-state index in [-0.39, 0.29) is 6.04 Å². The van der Waals surface area contributed by atoms with Crippen LogP contribution in [0.5, 0.6) is 0 Å². The molecule has 2 aromatic rings. The molecule has 1 fully saturated rings. The minimum absolute atomic E-state index is 0.262. The number of hydrogen-bond acceptors (Lipinski definition) is 2. The van der Waals surface area contributed by atoms with Crippen LogP contribution < -0.4 is 5.32 Å². The molecule has 108 valence electrons. The minimum Gasteiger partial charge on any atom is -0.330 e. The highest BCUT2D eigenvalue weighted by atomic mass is 15.1. The Morgan fingerprint density at radius 1 is 1.15 bits per heavy atom. The third-order valence-electron chi connectivity index (χ3n) is 5.65. The number of nitrogens with one attached hydrogen (secondary N) is 1. The van der Waals surface area contributed by atoms with Crippen LogP contribution in [-0.4, -0.2) is 15.6 Å². The standard InChI is InChI=1S/C17H25N3/c1-11(18-15-16(2,3)17(15,4)5)14-19-12-9-7-8-10-13(12)20(14)6/h7-11,15,18H,1-6H3. The summed E-state index contributed by atoms with van der Waals surface area (Å²) in [6, 6.07) is 9.13. The molecule has 3 rings (SSSR count). The smallest absolute Gasteiger partial charge is 0.126 e. The lowest BCUT2D eigenvalue weighted by Gasteiger charge is -2.15. The largest absolute Gasteiger partial charge is 0.330 e. The SMILES string of the molecule is CC(NC1C(C)(C)C1(C)C)c1nc2ccccc2n1C. The Kier molecular flexibility index (Phi) is 2.78. The van der Waals surface area contributed by atoms with Crippen LogP contribution in [0.4, 0.5) is 0 Å². The summed E-state index contributed by atoms with van der Waals surface area (Å²) in [7, 11) is 2.10. The van der Waals surface area contributed by atoms with E-state index < -0.39 is 0 Å². The van der Waals surface area contributed by atoms with Gasteiger partial charge in [-0.25, -0.2) is 4.98 Å². The highest BCUT2D eigenvalue weighted by Gasteiger charge is 2.64.